The summed E-state index contributed by atoms with van der Waals surface area (Å²) in [6.45, 7) is 0. The van der Waals surface area contributed by atoms with Crippen LogP contribution >= 0.6 is 0 Å². The predicted molar refractivity (Wildman–Crippen MR) is 54.4 cm³/mol. The van der Waals surface area contributed by atoms with Crippen LogP contribution < -0.4 is 0 Å². The lowest BCUT2D eigenvalue weighted by atomic mass is 9.68. The third-order valence-electron chi connectivity index (χ3n) is 4.54. The van der Waals surface area contributed by atoms with E-state index in [4.69, 9.17) is 4.74 Å². The fourth-order valence-electron chi connectivity index (χ4n) is 3.99. The Morgan fingerprint density at radius 1 is 1.13 bits per heavy atom. The van der Waals surface area contributed by atoms with Crippen LogP contribution in [0.4, 0.5) is 0 Å². The number of hydrogen-bond donors (Lipinski definition) is 0. The van der Waals surface area contributed by atoms with Crippen LogP contribution in [0.5, 0.6) is 0 Å². The summed E-state index contributed by atoms with van der Waals surface area (Å²) in [6, 6.07) is 8.58. The Kier molecular flexibility index (Phi) is 1.19. The molecule has 3 aliphatic carbocycles. The van der Waals surface area contributed by atoms with Crippen molar-refractivity contribution in [2.24, 2.45) is 17.8 Å². The zero-order valence-electron chi connectivity index (χ0n) is 8.51. The SMILES string of the molecule is COC(=O)[C@H]1[C@@H]2c3ccccc3[C@H]3[C@@H]2[C@@H]13. The fraction of sp³-hybridized carbons (Fsp3) is 0.462. The third-order valence-corrected chi connectivity index (χ3v) is 4.54. The monoisotopic (exact) mass is 200 g/mol. The predicted octanol–water partition coefficient (Wildman–Crippen LogP) is 1.92. The van der Waals surface area contributed by atoms with Crippen LogP contribution in [0, 0.1) is 17.8 Å². The second-order valence-corrected chi connectivity index (χ2v) is 4.88. The molecule has 0 unspecified atom stereocenters. The van der Waals surface area contributed by atoms with Crippen LogP contribution in [-0.2, 0) is 9.53 Å². The van der Waals surface area contributed by atoms with Gasteiger partial charge in [0.1, 0.15) is 0 Å². The molecular weight excluding hydrogens is 188 g/mol. The van der Waals surface area contributed by atoms with Gasteiger partial charge in [0.05, 0.1) is 13.0 Å². The Morgan fingerprint density at radius 3 is 2.47 bits per heavy atom. The summed E-state index contributed by atoms with van der Waals surface area (Å²) in [4.78, 5) is 11.6. The summed E-state index contributed by atoms with van der Waals surface area (Å²) >= 11 is 0. The third kappa shape index (κ3) is 0.695. The van der Waals surface area contributed by atoms with Crippen LogP contribution in [0.25, 0.3) is 0 Å². The van der Waals surface area contributed by atoms with E-state index >= 15 is 0 Å². The number of benzene rings is 1. The summed E-state index contributed by atoms with van der Waals surface area (Å²) in [5.74, 6) is 2.70. The summed E-state index contributed by atoms with van der Waals surface area (Å²) in [5.41, 5.74) is 2.91. The molecule has 0 saturated heterocycles. The smallest absolute Gasteiger partial charge is 0.309 e. The number of carbonyl (C=O) groups excluding carboxylic acids is 1. The molecule has 2 nitrogen and oxygen atoms in total. The first kappa shape index (κ1) is 7.91. The van der Waals surface area contributed by atoms with Crippen LogP contribution in [0.15, 0.2) is 24.3 Å². The molecule has 0 N–H and O–H groups in total. The van der Waals surface area contributed by atoms with Gasteiger partial charge in [0, 0.05) is 5.92 Å². The first-order valence-corrected chi connectivity index (χ1v) is 5.51. The van der Waals surface area contributed by atoms with Crippen molar-refractivity contribution in [3.8, 4) is 0 Å². The lowest BCUT2D eigenvalue weighted by Crippen LogP contribution is -2.36. The zero-order chi connectivity index (χ0) is 10.2. The van der Waals surface area contributed by atoms with E-state index < -0.39 is 0 Å². The molecule has 2 saturated carbocycles. The van der Waals surface area contributed by atoms with Gasteiger partial charge in [0.25, 0.3) is 0 Å². The van der Waals surface area contributed by atoms with E-state index in [2.05, 4.69) is 24.3 Å². The Morgan fingerprint density at radius 2 is 1.80 bits per heavy atom. The number of esters is 1. The number of rotatable bonds is 1. The molecule has 0 aromatic heterocycles. The number of ether oxygens (including phenoxy) is 1. The molecule has 0 aliphatic heterocycles. The van der Waals surface area contributed by atoms with Crippen LogP contribution in [0.1, 0.15) is 23.0 Å². The first-order valence-electron chi connectivity index (χ1n) is 5.51. The molecule has 3 aliphatic rings. The molecule has 5 atom stereocenters. The minimum atomic E-state index is -0.00162. The minimum Gasteiger partial charge on any atom is -0.469 e. The van der Waals surface area contributed by atoms with Gasteiger partial charge < -0.3 is 4.74 Å². The Labute approximate surface area is 88.2 Å². The Bertz CT molecular complexity index is 465. The maximum atomic E-state index is 11.6. The van der Waals surface area contributed by atoms with Crippen molar-refractivity contribution in [3.63, 3.8) is 0 Å². The largest absolute Gasteiger partial charge is 0.469 e. The first-order chi connectivity index (χ1) is 7.34. The van der Waals surface area contributed by atoms with E-state index in [0.29, 0.717) is 17.8 Å². The average Bonchev–Trinajstić information content (AvgIpc) is 2.79. The standard InChI is InChI=1S/C13H12O2/c1-15-13(14)12-9-7-5-3-2-4-6(7)8-10(9)11(8)12/h2-5,8-12H,1H3/t8-,9+,10-,11-,12-/m0/s1. The van der Waals surface area contributed by atoms with E-state index in [0.717, 1.165) is 5.92 Å². The maximum Gasteiger partial charge on any atom is 0.309 e. The highest BCUT2D eigenvalue weighted by Crippen LogP contribution is 2.81. The van der Waals surface area contributed by atoms with Gasteiger partial charge in [-0.3, -0.25) is 4.79 Å². The molecule has 0 amide bonds. The lowest BCUT2D eigenvalue weighted by molar-refractivity contribution is -0.150. The highest BCUT2D eigenvalue weighted by atomic mass is 16.5. The number of fused-ring (bicyclic) bond motifs is 4. The van der Waals surface area contributed by atoms with Crippen LogP contribution in [-0.4, -0.2) is 13.1 Å². The molecule has 0 heterocycles. The van der Waals surface area contributed by atoms with Crippen molar-refractivity contribution < 1.29 is 9.53 Å². The Balaban J connectivity index is 1.79. The lowest BCUT2D eigenvalue weighted by Gasteiger charge is -2.35. The van der Waals surface area contributed by atoms with Gasteiger partial charge in [-0.15, -0.1) is 0 Å². The molecule has 2 heteroatoms. The quantitative estimate of drug-likeness (QED) is 0.647. The maximum absolute atomic E-state index is 11.6. The second-order valence-electron chi connectivity index (χ2n) is 4.88. The van der Waals surface area contributed by atoms with E-state index in [1.807, 2.05) is 0 Å². The van der Waals surface area contributed by atoms with Crippen molar-refractivity contribution in [2.45, 2.75) is 11.8 Å². The van der Waals surface area contributed by atoms with Crippen LogP contribution in [0.2, 0.25) is 0 Å². The van der Waals surface area contributed by atoms with E-state index in [1.54, 1.807) is 0 Å². The van der Waals surface area contributed by atoms with E-state index in [-0.39, 0.29) is 11.9 Å². The Hall–Kier alpha value is -1.31. The summed E-state index contributed by atoms with van der Waals surface area (Å²) in [6.07, 6.45) is 0. The molecule has 76 valence electrons. The van der Waals surface area contributed by atoms with Gasteiger partial charge >= 0.3 is 5.97 Å². The molecule has 15 heavy (non-hydrogen) atoms. The molecule has 1 aromatic carbocycles. The molecule has 2 fully saturated rings. The fourth-order valence-corrected chi connectivity index (χ4v) is 3.99. The van der Waals surface area contributed by atoms with E-state index in [1.165, 1.54) is 18.2 Å². The van der Waals surface area contributed by atoms with Gasteiger partial charge in [-0.05, 0) is 28.9 Å². The number of carbonyl (C=O) groups is 1. The van der Waals surface area contributed by atoms with Gasteiger partial charge in [-0.25, -0.2) is 0 Å². The molecule has 4 rings (SSSR count). The molecule has 1 aromatic rings. The highest BCUT2D eigenvalue weighted by Gasteiger charge is 2.76. The van der Waals surface area contributed by atoms with Crippen molar-refractivity contribution in [3.05, 3.63) is 35.4 Å². The molecule has 0 bridgehead atoms. The summed E-state index contributed by atoms with van der Waals surface area (Å²) < 4.78 is 4.88. The average molecular weight is 200 g/mol. The van der Waals surface area contributed by atoms with Crippen LogP contribution in [0.3, 0.4) is 0 Å². The minimum absolute atomic E-state index is 0.00162. The number of hydrogen-bond acceptors (Lipinski definition) is 2. The summed E-state index contributed by atoms with van der Waals surface area (Å²) in [5, 5.41) is 0. The molecular formula is C13H12O2. The second kappa shape index (κ2) is 2.26. The van der Waals surface area contributed by atoms with E-state index in [9.17, 15) is 4.79 Å². The van der Waals surface area contributed by atoms with Crippen molar-refractivity contribution in [1.29, 1.82) is 0 Å². The zero-order valence-corrected chi connectivity index (χ0v) is 8.51. The van der Waals surface area contributed by atoms with Gasteiger partial charge in [0.2, 0.25) is 0 Å². The summed E-state index contributed by atoms with van der Waals surface area (Å²) in [7, 11) is 1.50. The number of methoxy groups -OCH3 is 1. The van der Waals surface area contributed by atoms with Crippen molar-refractivity contribution in [1.82, 2.24) is 0 Å². The topological polar surface area (TPSA) is 26.3 Å². The van der Waals surface area contributed by atoms with Gasteiger partial charge in [-0.2, -0.15) is 0 Å². The molecule has 0 spiro atoms. The van der Waals surface area contributed by atoms with Gasteiger partial charge in [0.15, 0.2) is 0 Å². The van der Waals surface area contributed by atoms with Crippen molar-refractivity contribution in [2.75, 3.05) is 7.11 Å². The van der Waals surface area contributed by atoms with Gasteiger partial charge in [-0.1, -0.05) is 24.3 Å². The molecule has 0 radical (unpaired) electrons. The highest BCUT2D eigenvalue weighted by molar-refractivity contribution is 5.80. The van der Waals surface area contributed by atoms with Crippen molar-refractivity contribution >= 4 is 5.97 Å². The normalized spacial score (nSPS) is 42.6.